The molecule has 3 unspecified atom stereocenters. The van der Waals surface area contributed by atoms with Crippen LogP contribution in [-0.4, -0.2) is 41.8 Å². The van der Waals surface area contributed by atoms with Gasteiger partial charge in [-0.25, -0.2) is 8.42 Å². The third kappa shape index (κ3) is 6.15. The quantitative estimate of drug-likeness (QED) is 0.366. The number of halogens is 1. The number of carbonyl (C=O) groups is 1. The molecule has 2 aliphatic rings. The first-order valence-corrected chi connectivity index (χ1v) is 16.0. The normalized spacial score (nSPS) is 20.0. The summed E-state index contributed by atoms with van der Waals surface area (Å²) in [6, 6.07) is 15.2. The van der Waals surface area contributed by atoms with E-state index in [0.29, 0.717) is 24.2 Å². The fraction of sp³-hybridized carbons (Fsp3) is 0.452. The van der Waals surface area contributed by atoms with Crippen LogP contribution in [0.5, 0.6) is 0 Å². The summed E-state index contributed by atoms with van der Waals surface area (Å²) in [5.74, 6) is -0.135. The highest BCUT2D eigenvalue weighted by Gasteiger charge is 2.38. The Morgan fingerprint density at radius 1 is 1.12 bits per heavy atom. The van der Waals surface area contributed by atoms with Gasteiger partial charge in [-0.3, -0.25) is 4.79 Å². The van der Waals surface area contributed by atoms with Crippen LogP contribution in [0.1, 0.15) is 67.1 Å². The number of amides is 1. The molecule has 0 saturated heterocycles. The van der Waals surface area contributed by atoms with Crippen molar-refractivity contribution < 1.29 is 13.2 Å². The van der Waals surface area contributed by atoms with Crippen LogP contribution in [0.4, 0.5) is 0 Å². The van der Waals surface area contributed by atoms with Gasteiger partial charge in [-0.1, -0.05) is 42.8 Å². The molecule has 3 aromatic rings. The van der Waals surface area contributed by atoms with E-state index in [-0.39, 0.29) is 23.3 Å². The molecule has 1 aromatic heterocycles. The number of hydrogen-bond donors (Lipinski definition) is 2. The summed E-state index contributed by atoms with van der Waals surface area (Å²) >= 11 is 6.28. The van der Waals surface area contributed by atoms with E-state index in [4.69, 9.17) is 11.6 Å². The second kappa shape index (κ2) is 12.1. The lowest BCUT2D eigenvalue weighted by Crippen LogP contribution is -2.45. The van der Waals surface area contributed by atoms with Gasteiger partial charge in [0.15, 0.2) is 0 Å². The first-order valence-electron chi connectivity index (χ1n) is 14.2. The molecule has 5 rings (SSSR count). The van der Waals surface area contributed by atoms with Crippen LogP contribution >= 0.6 is 11.6 Å². The monoisotopic (exact) mass is 582 g/mol. The number of aromatic nitrogens is 1. The molecule has 3 atom stereocenters. The van der Waals surface area contributed by atoms with Gasteiger partial charge in [-0.05, 0) is 86.1 Å². The summed E-state index contributed by atoms with van der Waals surface area (Å²) in [5, 5.41) is 7.18. The van der Waals surface area contributed by atoms with Crippen molar-refractivity contribution in [3.8, 4) is 0 Å². The van der Waals surface area contributed by atoms with Crippen LogP contribution in [0, 0.1) is 6.92 Å². The molecule has 40 heavy (non-hydrogen) atoms. The van der Waals surface area contributed by atoms with Crippen molar-refractivity contribution in [2.75, 3.05) is 6.54 Å². The van der Waals surface area contributed by atoms with Gasteiger partial charge in [-0.15, -0.1) is 0 Å². The highest BCUT2D eigenvalue weighted by atomic mass is 35.5. The summed E-state index contributed by atoms with van der Waals surface area (Å²) in [6.45, 7) is 7.91. The zero-order valence-electron chi connectivity index (χ0n) is 23.5. The van der Waals surface area contributed by atoms with Crippen LogP contribution in [0.25, 0.3) is 0 Å². The number of nitrogens with one attached hydrogen (secondary N) is 2. The maximum atomic E-state index is 13.8. The minimum absolute atomic E-state index is 0.0282. The largest absolute Gasteiger partial charge is 0.353 e. The Kier molecular flexibility index (Phi) is 8.71. The van der Waals surface area contributed by atoms with Crippen molar-refractivity contribution in [1.29, 1.82) is 0 Å². The first kappa shape index (κ1) is 28.9. The standard InChI is InChI=1S/C31H39ClN4O3S/c1-4-22(3)33-20-23-8-9-25-17-26(11-10-24(25)16-23)34-31(37)19-30-29-6-5-13-35(29)14-15-36(30)40(38,39)27-12-7-21(2)28(32)18-27/h5-9,12-13,16,18,22,26,30,33H,4,10-11,14-15,17,19-20H2,1-3H3,(H,34,37). The topological polar surface area (TPSA) is 83.4 Å². The molecule has 0 spiro atoms. The number of sulfonamides is 1. The zero-order valence-corrected chi connectivity index (χ0v) is 25.1. The van der Waals surface area contributed by atoms with E-state index in [2.05, 4.69) is 42.7 Å². The second-order valence-corrected chi connectivity index (χ2v) is 13.5. The predicted octanol–water partition coefficient (Wildman–Crippen LogP) is 5.15. The fourth-order valence-corrected chi connectivity index (χ4v) is 7.61. The Balaban J connectivity index is 1.28. The second-order valence-electron chi connectivity index (χ2n) is 11.2. The SMILES string of the molecule is CCC(C)NCc1ccc2c(c1)CCC(NC(=O)CC1c3cccn3CCN1S(=O)(=O)c1ccc(C)c(Cl)c1)C2. The number of nitrogens with zero attached hydrogens (tertiary/aromatic N) is 2. The summed E-state index contributed by atoms with van der Waals surface area (Å²) in [4.78, 5) is 13.5. The maximum Gasteiger partial charge on any atom is 0.243 e. The number of benzene rings is 2. The lowest BCUT2D eigenvalue weighted by atomic mass is 9.87. The van der Waals surface area contributed by atoms with Gasteiger partial charge < -0.3 is 15.2 Å². The highest BCUT2D eigenvalue weighted by molar-refractivity contribution is 7.89. The van der Waals surface area contributed by atoms with Crippen molar-refractivity contribution >= 4 is 27.5 Å². The smallest absolute Gasteiger partial charge is 0.243 e. The molecule has 0 radical (unpaired) electrons. The minimum Gasteiger partial charge on any atom is -0.353 e. The summed E-state index contributed by atoms with van der Waals surface area (Å²) in [5.41, 5.74) is 5.56. The molecule has 214 valence electrons. The van der Waals surface area contributed by atoms with Crippen molar-refractivity contribution in [3.05, 3.63) is 87.7 Å². The molecule has 2 heterocycles. The maximum absolute atomic E-state index is 13.8. The number of carbonyl (C=O) groups excluding carboxylic acids is 1. The zero-order chi connectivity index (χ0) is 28.4. The molecule has 2 N–H and O–H groups in total. The van der Waals surface area contributed by atoms with E-state index in [0.717, 1.165) is 43.5 Å². The molecule has 0 saturated carbocycles. The Hall–Kier alpha value is -2.65. The van der Waals surface area contributed by atoms with Gasteiger partial charge >= 0.3 is 0 Å². The van der Waals surface area contributed by atoms with Crippen LogP contribution in [0.2, 0.25) is 5.02 Å². The fourth-order valence-electron chi connectivity index (χ4n) is 5.75. The van der Waals surface area contributed by atoms with Crippen LogP contribution in [-0.2, 0) is 40.7 Å². The third-order valence-electron chi connectivity index (χ3n) is 8.37. The lowest BCUT2D eigenvalue weighted by molar-refractivity contribution is -0.123. The summed E-state index contributed by atoms with van der Waals surface area (Å²) in [7, 11) is -3.86. The molecule has 1 amide bonds. The number of hydrogen-bond acceptors (Lipinski definition) is 4. The lowest BCUT2D eigenvalue weighted by Gasteiger charge is -2.36. The van der Waals surface area contributed by atoms with Crippen molar-refractivity contribution in [2.24, 2.45) is 0 Å². The molecule has 1 aliphatic heterocycles. The van der Waals surface area contributed by atoms with E-state index >= 15 is 0 Å². The van der Waals surface area contributed by atoms with E-state index in [1.165, 1.54) is 27.1 Å². The molecule has 0 fully saturated rings. The average Bonchev–Trinajstić information content (AvgIpc) is 3.42. The Morgan fingerprint density at radius 2 is 1.95 bits per heavy atom. The summed E-state index contributed by atoms with van der Waals surface area (Å²) < 4.78 is 31.0. The van der Waals surface area contributed by atoms with Gasteiger partial charge in [0.1, 0.15) is 0 Å². The summed E-state index contributed by atoms with van der Waals surface area (Å²) in [6.07, 6.45) is 5.67. The van der Waals surface area contributed by atoms with E-state index in [9.17, 15) is 13.2 Å². The van der Waals surface area contributed by atoms with Crippen LogP contribution in [0.15, 0.2) is 59.6 Å². The van der Waals surface area contributed by atoms with Gasteiger partial charge in [-0.2, -0.15) is 4.31 Å². The number of rotatable bonds is 9. The number of fused-ring (bicyclic) bond motifs is 2. The van der Waals surface area contributed by atoms with Gasteiger partial charge in [0.25, 0.3) is 0 Å². The van der Waals surface area contributed by atoms with Crippen LogP contribution in [0.3, 0.4) is 0 Å². The molecule has 1 aliphatic carbocycles. The Bertz CT molecular complexity index is 1490. The van der Waals surface area contributed by atoms with E-state index in [1.54, 1.807) is 12.1 Å². The molecule has 0 bridgehead atoms. The minimum atomic E-state index is -3.86. The highest BCUT2D eigenvalue weighted by Crippen LogP contribution is 2.35. The molecular weight excluding hydrogens is 544 g/mol. The van der Waals surface area contributed by atoms with Gasteiger partial charge in [0.05, 0.1) is 10.9 Å². The van der Waals surface area contributed by atoms with Crippen molar-refractivity contribution in [3.63, 3.8) is 0 Å². The van der Waals surface area contributed by atoms with E-state index in [1.807, 2.05) is 29.8 Å². The third-order valence-corrected chi connectivity index (χ3v) is 10.7. The van der Waals surface area contributed by atoms with Gasteiger partial charge in [0.2, 0.25) is 15.9 Å². The molecule has 9 heteroatoms. The number of aryl methyl sites for hydroxylation is 2. The average molecular weight is 583 g/mol. The Labute approximate surface area is 243 Å². The molecule has 2 aromatic carbocycles. The predicted molar refractivity (Wildman–Crippen MR) is 159 cm³/mol. The van der Waals surface area contributed by atoms with E-state index < -0.39 is 16.1 Å². The van der Waals surface area contributed by atoms with Crippen LogP contribution < -0.4 is 10.6 Å². The Morgan fingerprint density at radius 3 is 2.73 bits per heavy atom. The molecule has 7 nitrogen and oxygen atoms in total. The van der Waals surface area contributed by atoms with Crippen molar-refractivity contribution in [1.82, 2.24) is 19.5 Å². The molecular formula is C31H39ClN4O3S. The first-order chi connectivity index (χ1) is 19.2. The van der Waals surface area contributed by atoms with Gasteiger partial charge in [0, 0.05) is 55.1 Å². The van der Waals surface area contributed by atoms with Crippen molar-refractivity contribution in [2.45, 2.75) is 89.0 Å².